The van der Waals surface area contributed by atoms with E-state index >= 15 is 0 Å². The molecule has 1 N–H and O–H groups in total. The third-order valence-electron chi connectivity index (χ3n) is 2.95. The topological polar surface area (TPSA) is 65.4 Å². The van der Waals surface area contributed by atoms with Gasteiger partial charge in [-0.1, -0.05) is 12.1 Å². The van der Waals surface area contributed by atoms with Crippen molar-refractivity contribution in [2.75, 3.05) is 19.0 Å². The fourth-order valence-corrected chi connectivity index (χ4v) is 1.93. The van der Waals surface area contributed by atoms with Crippen LogP contribution in [0.4, 0.5) is 5.82 Å². The minimum Gasteiger partial charge on any atom is -0.493 e. The van der Waals surface area contributed by atoms with Crippen molar-refractivity contribution in [2.24, 2.45) is 7.05 Å². The smallest absolute Gasteiger partial charge is 0.263 e. The number of benzene rings is 1. The van der Waals surface area contributed by atoms with Crippen LogP contribution in [0.1, 0.15) is 5.56 Å². The number of methoxy groups -OCH3 is 1. The van der Waals surface area contributed by atoms with Gasteiger partial charge in [-0.15, -0.1) is 6.58 Å². The first kappa shape index (κ1) is 15.6. The Hall–Kier alpha value is -2.76. The number of amides is 1. The molecular weight excluding hydrogens is 282 g/mol. The zero-order valence-electron chi connectivity index (χ0n) is 12.7. The van der Waals surface area contributed by atoms with Crippen LogP contribution in [-0.2, 0) is 18.3 Å². The Balaban J connectivity index is 1.95. The Kier molecular flexibility index (Phi) is 5.19. The molecule has 6 heteroatoms. The number of rotatable bonds is 7. The number of carbonyl (C=O) groups is 1. The molecule has 0 spiro atoms. The summed E-state index contributed by atoms with van der Waals surface area (Å²) in [5, 5.41) is 6.72. The summed E-state index contributed by atoms with van der Waals surface area (Å²) in [6, 6.07) is 7.28. The Morgan fingerprint density at radius 1 is 1.41 bits per heavy atom. The summed E-state index contributed by atoms with van der Waals surface area (Å²) < 4.78 is 12.4. The molecule has 1 heterocycles. The van der Waals surface area contributed by atoms with Crippen LogP contribution in [0.3, 0.4) is 0 Å². The van der Waals surface area contributed by atoms with E-state index in [2.05, 4.69) is 17.0 Å². The molecule has 0 unspecified atom stereocenters. The first-order valence-electron chi connectivity index (χ1n) is 6.82. The average molecular weight is 301 g/mol. The molecule has 1 aromatic carbocycles. The third-order valence-corrected chi connectivity index (χ3v) is 2.95. The summed E-state index contributed by atoms with van der Waals surface area (Å²) in [7, 11) is 3.34. The number of nitrogens with zero attached hydrogens (tertiary/aromatic N) is 2. The summed E-state index contributed by atoms with van der Waals surface area (Å²) in [5.74, 6) is 1.32. The first-order chi connectivity index (χ1) is 10.6. The molecule has 0 atom stereocenters. The van der Waals surface area contributed by atoms with Crippen LogP contribution in [0.5, 0.6) is 11.5 Å². The van der Waals surface area contributed by atoms with E-state index in [-0.39, 0.29) is 12.5 Å². The van der Waals surface area contributed by atoms with Gasteiger partial charge in [0, 0.05) is 19.3 Å². The molecule has 1 amide bonds. The predicted octanol–water partition coefficient (Wildman–Crippen LogP) is 2.17. The van der Waals surface area contributed by atoms with Crippen molar-refractivity contribution < 1.29 is 14.3 Å². The number of carbonyl (C=O) groups excluding carboxylic acids is 1. The number of anilines is 1. The lowest BCUT2D eigenvalue weighted by Gasteiger charge is -2.11. The number of hydrogen-bond acceptors (Lipinski definition) is 4. The molecule has 1 aromatic heterocycles. The molecule has 0 aliphatic carbocycles. The zero-order valence-corrected chi connectivity index (χ0v) is 12.7. The van der Waals surface area contributed by atoms with Gasteiger partial charge in [0.25, 0.3) is 5.91 Å². The van der Waals surface area contributed by atoms with E-state index in [1.165, 1.54) is 0 Å². The maximum atomic E-state index is 11.8. The standard InChI is InChI=1S/C16H19N3O3/c1-4-5-12-6-7-13(14(10-12)21-3)22-11-16(20)17-15-8-9-19(2)18-15/h4,6-10H,1,5,11H2,2-3H3,(H,17,18,20). The summed E-state index contributed by atoms with van der Waals surface area (Å²) in [6.07, 6.45) is 4.31. The highest BCUT2D eigenvalue weighted by atomic mass is 16.5. The van der Waals surface area contributed by atoms with Crippen molar-refractivity contribution >= 4 is 11.7 Å². The maximum Gasteiger partial charge on any atom is 0.263 e. The monoisotopic (exact) mass is 301 g/mol. The molecule has 22 heavy (non-hydrogen) atoms. The molecular formula is C16H19N3O3. The van der Waals surface area contributed by atoms with Crippen LogP contribution < -0.4 is 14.8 Å². The molecule has 2 rings (SSSR count). The number of aromatic nitrogens is 2. The van der Waals surface area contributed by atoms with Gasteiger partial charge in [0.2, 0.25) is 0 Å². The second-order valence-electron chi connectivity index (χ2n) is 4.69. The molecule has 0 bridgehead atoms. The van der Waals surface area contributed by atoms with Gasteiger partial charge in [0.1, 0.15) is 0 Å². The number of allylic oxidation sites excluding steroid dienone is 1. The summed E-state index contributed by atoms with van der Waals surface area (Å²) in [4.78, 5) is 11.8. The maximum absolute atomic E-state index is 11.8. The van der Waals surface area contributed by atoms with Gasteiger partial charge in [-0.2, -0.15) is 5.10 Å². The summed E-state index contributed by atoms with van der Waals surface area (Å²) in [6.45, 7) is 3.59. The Labute approximate surface area is 129 Å². The molecule has 0 aliphatic heterocycles. The molecule has 116 valence electrons. The zero-order chi connectivity index (χ0) is 15.9. The normalized spacial score (nSPS) is 10.1. The lowest BCUT2D eigenvalue weighted by Crippen LogP contribution is -2.20. The summed E-state index contributed by atoms with van der Waals surface area (Å²) in [5.41, 5.74) is 1.07. The number of nitrogens with one attached hydrogen (secondary N) is 1. The van der Waals surface area contributed by atoms with Crippen molar-refractivity contribution in [3.63, 3.8) is 0 Å². The van der Waals surface area contributed by atoms with Crippen molar-refractivity contribution in [1.29, 1.82) is 0 Å². The van der Waals surface area contributed by atoms with E-state index in [4.69, 9.17) is 9.47 Å². The molecule has 0 saturated carbocycles. The SMILES string of the molecule is C=CCc1ccc(OCC(=O)Nc2ccn(C)n2)c(OC)c1. The van der Waals surface area contributed by atoms with Crippen molar-refractivity contribution in [1.82, 2.24) is 9.78 Å². The van der Waals surface area contributed by atoms with Crippen LogP contribution in [0.25, 0.3) is 0 Å². The van der Waals surface area contributed by atoms with Crippen LogP contribution in [0.15, 0.2) is 43.1 Å². The van der Waals surface area contributed by atoms with Gasteiger partial charge < -0.3 is 14.8 Å². The minimum absolute atomic E-state index is 0.117. The Morgan fingerprint density at radius 2 is 2.23 bits per heavy atom. The van der Waals surface area contributed by atoms with Gasteiger partial charge in [-0.25, -0.2) is 0 Å². The number of hydrogen-bond donors (Lipinski definition) is 1. The van der Waals surface area contributed by atoms with Gasteiger partial charge in [-0.05, 0) is 24.1 Å². The van der Waals surface area contributed by atoms with E-state index in [0.717, 1.165) is 12.0 Å². The van der Waals surface area contributed by atoms with Crippen molar-refractivity contribution in [3.8, 4) is 11.5 Å². The van der Waals surface area contributed by atoms with Gasteiger partial charge in [0.05, 0.1) is 7.11 Å². The van der Waals surface area contributed by atoms with Crippen LogP contribution >= 0.6 is 0 Å². The average Bonchev–Trinajstić information content (AvgIpc) is 2.91. The molecule has 0 fully saturated rings. The Morgan fingerprint density at radius 3 is 2.86 bits per heavy atom. The third kappa shape index (κ3) is 4.12. The molecule has 2 aromatic rings. The van der Waals surface area contributed by atoms with E-state index in [1.807, 2.05) is 18.2 Å². The van der Waals surface area contributed by atoms with Crippen LogP contribution in [-0.4, -0.2) is 29.4 Å². The molecule has 0 saturated heterocycles. The van der Waals surface area contributed by atoms with E-state index in [9.17, 15) is 4.79 Å². The second-order valence-corrected chi connectivity index (χ2v) is 4.69. The minimum atomic E-state index is -0.282. The van der Waals surface area contributed by atoms with Crippen molar-refractivity contribution in [3.05, 3.63) is 48.7 Å². The Bertz CT molecular complexity index is 664. The first-order valence-corrected chi connectivity index (χ1v) is 6.82. The molecule has 6 nitrogen and oxygen atoms in total. The van der Waals surface area contributed by atoms with E-state index in [0.29, 0.717) is 17.3 Å². The number of aryl methyl sites for hydroxylation is 1. The predicted molar refractivity (Wildman–Crippen MR) is 84.2 cm³/mol. The number of ether oxygens (including phenoxy) is 2. The highest BCUT2D eigenvalue weighted by Gasteiger charge is 2.09. The molecule has 0 radical (unpaired) electrons. The highest BCUT2D eigenvalue weighted by Crippen LogP contribution is 2.28. The van der Waals surface area contributed by atoms with Gasteiger partial charge >= 0.3 is 0 Å². The van der Waals surface area contributed by atoms with E-state index < -0.39 is 0 Å². The largest absolute Gasteiger partial charge is 0.493 e. The van der Waals surface area contributed by atoms with Gasteiger partial charge in [0.15, 0.2) is 23.9 Å². The quantitative estimate of drug-likeness (QED) is 0.796. The molecule has 0 aliphatic rings. The second kappa shape index (κ2) is 7.31. The van der Waals surface area contributed by atoms with E-state index in [1.54, 1.807) is 37.2 Å². The fraction of sp³-hybridized carbons (Fsp3) is 0.250. The lowest BCUT2D eigenvalue weighted by atomic mass is 10.1. The van der Waals surface area contributed by atoms with Crippen LogP contribution in [0.2, 0.25) is 0 Å². The van der Waals surface area contributed by atoms with Gasteiger partial charge in [-0.3, -0.25) is 9.48 Å². The summed E-state index contributed by atoms with van der Waals surface area (Å²) >= 11 is 0. The lowest BCUT2D eigenvalue weighted by molar-refractivity contribution is -0.118. The highest BCUT2D eigenvalue weighted by molar-refractivity contribution is 5.90. The van der Waals surface area contributed by atoms with Crippen molar-refractivity contribution in [2.45, 2.75) is 6.42 Å². The fourth-order valence-electron chi connectivity index (χ4n) is 1.93. The van der Waals surface area contributed by atoms with Crippen LogP contribution in [0, 0.1) is 0 Å².